The maximum atomic E-state index is 6.25. The van der Waals surface area contributed by atoms with Crippen molar-refractivity contribution in [2.75, 3.05) is 14.2 Å². The first-order valence-electron chi connectivity index (χ1n) is 5.24. The molecule has 1 aromatic carbocycles. The average Bonchev–Trinajstić information content (AvgIpc) is 2.96. The molecule has 0 bridgehead atoms. The molecular formula is C12H16BrNO2. The van der Waals surface area contributed by atoms with Crippen LogP contribution in [0.3, 0.4) is 0 Å². The summed E-state index contributed by atoms with van der Waals surface area (Å²) in [5.74, 6) is 1.68. The van der Waals surface area contributed by atoms with E-state index in [2.05, 4.69) is 15.9 Å². The second-order valence-electron chi connectivity index (χ2n) is 4.27. The van der Waals surface area contributed by atoms with Gasteiger partial charge in [-0.15, -0.1) is 0 Å². The lowest BCUT2D eigenvalue weighted by Crippen LogP contribution is -2.21. The number of rotatable bonds is 3. The Morgan fingerprint density at radius 3 is 2.38 bits per heavy atom. The van der Waals surface area contributed by atoms with Gasteiger partial charge in [-0.1, -0.05) is 0 Å². The third-order valence-corrected chi connectivity index (χ3v) is 3.84. The number of aryl methyl sites for hydroxylation is 1. The molecule has 0 unspecified atom stereocenters. The van der Waals surface area contributed by atoms with Crippen LogP contribution >= 0.6 is 15.9 Å². The fourth-order valence-electron chi connectivity index (χ4n) is 1.99. The Morgan fingerprint density at radius 1 is 1.31 bits per heavy atom. The summed E-state index contributed by atoms with van der Waals surface area (Å²) in [6.07, 6.45) is 1.99. The number of hydrogen-bond donors (Lipinski definition) is 1. The van der Waals surface area contributed by atoms with E-state index >= 15 is 0 Å². The zero-order chi connectivity index (χ0) is 11.9. The predicted molar refractivity (Wildman–Crippen MR) is 67.1 cm³/mol. The molecule has 16 heavy (non-hydrogen) atoms. The van der Waals surface area contributed by atoms with Crippen molar-refractivity contribution in [2.45, 2.75) is 25.3 Å². The molecule has 0 atom stereocenters. The lowest BCUT2D eigenvalue weighted by molar-refractivity contribution is 0.389. The van der Waals surface area contributed by atoms with Crippen molar-refractivity contribution in [1.29, 1.82) is 0 Å². The summed E-state index contributed by atoms with van der Waals surface area (Å²) in [5, 5.41) is 0. The number of methoxy groups -OCH3 is 2. The van der Waals surface area contributed by atoms with Crippen molar-refractivity contribution in [2.24, 2.45) is 5.73 Å². The molecule has 1 aromatic rings. The minimum atomic E-state index is -0.245. The molecule has 1 aliphatic carbocycles. The van der Waals surface area contributed by atoms with Crippen molar-refractivity contribution in [3.8, 4) is 11.5 Å². The van der Waals surface area contributed by atoms with Gasteiger partial charge in [0.25, 0.3) is 0 Å². The zero-order valence-electron chi connectivity index (χ0n) is 9.76. The summed E-state index contributed by atoms with van der Waals surface area (Å²) >= 11 is 3.57. The maximum absolute atomic E-state index is 6.25. The van der Waals surface area contributed by atoms with Crippen LogP contribution in [-0.4, -0.2) is 14.2 Å². The molecule has 3 nitrogen and oxygen atoms in total. The van der Waals surface area contributed by atoms with E-state index in [4.69, 9.17) is 15.2 Å². The van der Waals surface area contributed by atoms with Crippen LogP contribution < -0.4 is 15.2 Å². The molecule has 4 heteroatoms. The van der Waals surface area contributed by atoms with E-state index in [0.29, 0.717) is 0 Å². The summed E-state index contributed by atoms with van der Waals surface area (Å²) in [4.78, 5) is 0. The van der Waals surface area contributed by atoms with Gasteiger partial charge in [-0.05, 0) is 47.3 Å². The summed E-state index contributed by atoms with van der Waals surface area (Å²) in [6, 6.07) is 1.98. The van der Waals surface area contributed by atoms with E-state index < -0.39 is 0 Å². The monoisotopic (exact) mass is 285 g/mol. The van der Waals surface area contributed by atoms with Crippen molar-refractivity contribution < 1.29 is 9.47 Å². The van der Waals surface area contributed by atoms with Gasteiger partial charge in [-0.2, -0.15) is 0 Å². The molecule has 0 aliphatic heterocycles. The van der Waals surface area contributed by atoms with Gasteiger partial charge in [0.2, 0.25) is 0 Å². The normalized spacial score (nSPS) is 17.1. The highest BCUT2D eigenvalue weighted by molar-refractivity contribution is 9.10. The molecular weight excluding hydrogens is 270 g/mol. The second-order valence-corrected chi connectivity index (χ2v) is 5.07. The van der Waals surface area contributed by atoms with Crippen LogP contribution in [0.4, 0.5) is 0 Å². The molecule has 88 valence electrons. The minimum absolute atomic E-state index is 0.245. The SMILES string of the molecule is COc1cc(C)c(OC)c(Br)c1C1(N)CC1. The third kappa shape index (κ3) is 1.70. The summed E-state index contributed by atoms with van der Waals surface area (Å²) in [5.41, 5.74) is 8.07. The Bertz CT molecular complexity index is 428. The molecule has 0 spiro atoms. The van der Waals surface area contributed by atoms with Crippen molar-refractivity contribution >= 4 is 15.9 Å². The van der Waals surface area contributed by atoms with Crippen LogP contribution in [0.25, 0.3) is 0 Å². The average molecular weight is 286 g/mol. The lowest BCUT2D eigenvalue weighted by atomic mass is 10.0. The van der Waals surface area contributed by atoms with Crippen LogP contribution in [0.15, 0.2) is 10.5 Å². The van der Waals surface area contributed by atoms with Gasteiger partial charge in [0.15, 0.2) is 0 Å². The van der Waals surface area contributed by atoms with Crippen LogP contribution in [0.5, 0.6) is 11.5 Å². The minimum Gasteiger partial charge on any atom is -0.496 e. The van der Waals surface area contributed by atoms with Crippen LogP contribution in [0, 0.1) is 6.92 Å². The highest BCUT2D eigenvalue weighted by atomic mass is 79.9. The van der Waals surface area contributed by atoms with Gasteiger partial charge in [0.05, 0.1) is 18.7 Å². The Labute approximate surface area is 104 Å². The van der Waals surface area contributed by atoms with Gasteiger partial charge in [0.1, 0.15) is 11.5 Å². The summed E-state index contributed by atoms with van der Waals surface area (Å²) < 4.78 is 11.7. The highest BCUT2D eigenvalue weighted by Gasteiger charge is 2.44. The maximum Gasteiger partial charge on any atom is 0.136 e. The number of nitrogens with two attached hydrogens (primary N) is 1. The Hall–Kier alpha value is -0.740. The number of ether oxygens (including phenoxy) is 2. The van der Waals surface area contributed by atoms with Gasteiger partial charge < -0.3 is 15.2 Å². The summed E-state index contributed by atoms with van der Waals surface area (Å²) in [7, 11) is 3.34. The van der Waals surface area contributed by atoms with E-state index in [1.165, 1.54) is 0 Å². The number of hydrogen-bond acceptors (Lipinski definition) is 3. The quantitative estimate of drug-likeness (QED) is 0.929. The Kier molecular flexibility index (Phi) is 2.88. The van der Waals surface area contributed by atoms with Crippen LogP contribution in [0.2, 0.25) is 0 Å². The smallest absolute Gasteiger partial charge is 0.136 e. The number of halogens is 1. The molecule has 2 N–H and O–H groups in total. The predicted octanol–water partition coefficient (Wildman–Crippen LogP) is 2.72. The van der Waals surface area contributed by atoms with Crippen molar-refractivity contribution in [3.63, 3.8) is 0 Å². The van der Waals surface area contributed by atoms with Gasteiger partial charge in [-0.25, -0.2) is 0 Å². The van der Waals surface area contributed by atoms with Gasteiger partial charge in [0, 0.05) is 11.1 Å². The first-order chi connectivity index (χ1) is 7.53. The topological polar surface area (TPSA) is 44.5 Å². The summed E-state index contributed by atoms with van der Waals surface area (Å²) in [6.45, 7) is 1.99. The van der Waals surface area contributed by atoms with E-state index in [1.54, 1.807) is 14.2 Å². The number of benzene rings is 1. The van der Waals surface area contributed by atoms with E-state index in [-0.39, 0.29) is 5.54 Å². The molecule has 0 amide bonds. The molecule has 0 saturated heterocycles. The third-order valence-electron chi connectivity index (χ3n) is 3.08. The lowest BCUT2D eigenvalue weighted by Gasteiger charge is -2.20. The van der Waals surface area contributed by atoms with Gasteiger partial charge >= 0.3 is 0 Å². The molecule has 1 saturated carbocycles. The van der Waals surface area contributed by atoms with Crippen molar-refractivity contribution in [3.05, 3.63) is 21.7 Å². The van der Waals surface area contributed by atoms with Crippen LogP contribution in [0.1, 0.15) is 24.0 Å². The van der Waals surface area contributed by atoms with Crippen LogP contribution in [-0.2, 0) is 5.54 Å². The van der Waals surface area contributed by atoms with Crippen molar-refractivity contribution in [1.82, 2.24) is 0 Å². The molecule has 0 heterocycles. The molecule has 1 fully saturated rings. The molecule has 0 radical (unpaired) electrons. The van der Waals surface area contributed by atoms with E-state index in [9.17, 15) is 0 Å². The molecule has 1 aliphatic rings. The Morgan fingerprint density at radius 2 is 1.94 bits per heavy atom. The van der Waals surface area contributed by atoms with Gasteiger partial charge in [-0.3, -0.25) is 0 Å². The largest absolute Gasteiger partial charge is 0.496 e. The van der Waals surface area contributed by atoms with E-state index in [1.807, 2.05) is 13.0 Å². The fourth-order valence-corrected chi connectivity index (χ4v) is 3.05. The Balaban J connectivity index is 2.64. The first kappa shape index (κ1) is 11.7. The standard InChI is InChI=1S/C12H16BrNO2/c1-7-6-8(15-2)9(12(14)4-5-12)10(13)11(7)16-3/h6H,4-5,14H2,1-3H3. The molecule has 2 rings (SSSR count). The van der Waals surface area contributed by atoms with E-state index in [0.717, 1.165) is 39.9 Å². The first-order valence-corrected chi connectivity index (χ1v) is 6.03. The second kappa shape index (κ2) is 3.93. The zero-order valence-corrected chi connectivity index (χ0v) is 11.3. The highest BCUT2D eigenvalue weighted by Crippen LogP contribution is 2.52. The fraction of sp³-hybridized carbons (Fsp3) is 0.500. The molecule has 0 aromatic heterocycles.